The van der Waals surface area contributed by atoms with E-state index in [4.69, 9.17) is 5.11 Å². The number of aryl methyl sites for hydroxylation is 1. The van der Waals surface area contributed by atoms with Gasteiger partial charge in [0.05, 0.1) is 11.1 Å². The van der Waals surface area contributed by atoms with Crippen molar-refractivity contribution < 1.29 is 23.1 Å². The average molecular weight is 407 g/mol. The van der Waals surface area contributed by atoms with Gasteiger partial charge in [-0.25, -0.2) is 9.48 Å². The van der Waals surface area contributed by atoms with E-state index in [0.717, 1.165) is 23.2 Å². The average Bonchev–Trinajstić information content (AvgIpc) is 3.08. The summed E-state index contributed by atoms with van der Waals surface area (Å²) in [5, 5.41) is 22.5. The van der Waals surface area contributed by atoms with E-state index >= 15 is 0 Å². The van der Waals surface area contributed by atoms with E-state index in [1.807, 2.05) is 24.3 Å². The van der Waals surface area contributed by atoms with Crippen molar-refractivity contribution in [3.8, 4) is 0 Å². The minimum atomic E-state index is -4.39. The fourth-order valence-corrected chi connectivity index (χ4v) is 2.99. The molecule has 3 aromatic rings. The first-order valence-corrected chi connectivity index (χ1v) is 9.02. The molecule has 0 aliphatic rings. The summed E-state index contributed by atoms with van der Waals surface area (Å²) >= 11 is 0. The van der Waals surface area contributed by atoms with E-state index in [0.29, 0.717) is 25.1 Å². The Morgan fingerprint density at radius 2 is 1.83 bits per heavy atom. The number of nitrogens with zero attached hydrogens (tertiary/aromatic N) is 3. The van der Waals surface area contributed by atoms with E-state index < -0.39 is 17.8 Å². The SMILES string of the molecule is O=C(O)NCC[C@H](CCn1nnc2ccccc21)Nc1ccc(C(F)(F)F)cc1. The van der Waals surface area contributed by atoms with Crippen LogP contribution in [-0.4, -0.2) is 38.8 Å². The highest BCUT2D eigenvalue weighted by Crippen LogP contribution is 2.30. The summed E-state index contributed by atoms with van der Waals surface area (Å²) in [5.41, 5.74) is 1.46. The molecule has 1 heterocycles. The van der Waals surface area contributed by atoms with Gasteiger partial charge in [-0.3, -0.25) is 0 Å². The molecular weight excluding hydrogens is 387 g/mol. The summed E-state index contributed by atoms with van der Waals surface area (Å²) in [6, 6.07) is 12.1. The largest absolute Gasteiger partial charge is 0.465 e. The molecular formula is C19H20F3N5O2. The van der Waals surface area contributed by atoms with E-state index in [1.165, 1.54) is 12.1 Å². The van der Waals surface area contributed by atoms with Gasteiger partial charge in [-0.2, -0.15) is 13.2 Å². The molecule has 1 amide bonds. The summed E-state index contributed by atoms with van der Waals surface area (Å²) in [7, 11) is 0. The molecule has 0 saturated carbocycles. The first-order valence-electron chi connectivity index (χ1n) is 9.02. The molecule has 3 N–H and O–H groups in total. The Labute approximate surface area is 164 Å². The molecule has 0 fully saturated rings. The number of hydrogen-bond acceptors (Lipinski definition) is 4. The Kier molecular flexibility index (Phi) is 6.20. The Bertz CT molecular complexity index is 956. The molecule has 154 valence electrons. The number of rotatable bonds is 8. The summed E-state index contributed by atoms with van der Waals surface area (Å²) in [4.78, 5) is 10.7. The van der Waals surface area contributed by atoms with Gasteiger partial charge in [0.1, 0.15) is 5.52 Å². The van der Waals surface area contributed by atoms with Crippen LogP contribution in [0.3, 0.4) is 0 Å². The smallest absolute Gasteiger partial charge is 0.416 e. The highest BCUT2D eigenvalue weighted by molar-refractivity contribution is 5.73. The van der Waals surface area contributed by atoms with Crippen LogP contribution in [0.5, 0.6) is 0 Å². The summed E-state index contributed by atoms with van der Waals surface area (Å²) in [6.45, 7) is 0.734. The van der Waals surface area contributed by atoms with Gasteiger partial charge < -0.3 is 15.7 Å². The van der Waals surface area contributed by atoms with Crippen LogP contribution in [0.2, 0.25) is 0 Å². The van der Waals surface area contributed by atoms with Crippen molar-refractivity contribution in [3.63, 3.8) is 0 Å². The number of nitrogens with one attached hydrogen (secondary N) is 2. The number of carbonyl (C=O) groups is 1. The second kappa shape index (κ2) is 8.80. The van der Waals surface area contributed by atoms with Crippen molar-refractivity contribution >= 4 is 22.8 Å². The maximum Gasteiger partial charge on any atom is 0.416 e. The molecule has 0 bridgehead atoms. The van der Waals surface area contributed by atoms with Crippen LogP contribution in [0.15, 0.2) is 48.5 Å². The predicted octanol–water partition coefficient (Wildman–Crippen LogP) is 3.98. The number of amides is 1. The van der Waals surface area contributed by atoms with Gasteiger partial charge in [-0.1, -0.05) is 17.3 Å². The molecule has 1 atom stereocenters. The molecule has 0 unspecified atom stereocenters. The van der Waals surface area contributed by atoms with Crippen molar-refractivity contribution in [2.45, 2.75) is 31.6 Å². The van der Waals surface area contributed by atoms with Gasteiger partial charge in [0.2, 0.25) is 0 Å². The van der Waals surface area contributed by atoms with Crippen molar-refractivity contribution in [1.29, 1.82) is 0 Å². The zero-order valence-corrected chi connectivity index (χ0v) is 15.4. The van der Waals surface area contributed by atoms with Gasteiger partial charge in [0, 0.05) is 24.8 Å². The van der Waals surface area contributed by atoms with Crippen LogP contribution < -0.4 is 10.6 Å². The molecule has 1 aromatic heterocycles. The lowest BCUT2D eigenvalue weighted by Gasteiger charge is -2.20. The molecule has 10 heteroatoms. The number of para-hydroxylation sites is 1. The monoisotopic (exact) mass is 407 g/mol. The minimum Gasteiger partial charge on any atom is -0.465 e. The number of fused-ring (bicyclic) bond motifs is 1. The number of aromatic nitrogens is 3. The van der Waals surface area contributed by atoms with Gasteiger partial charge in [0.25, 0.3) is 0 Å². The zero-order valence-electron chi connectivity index (χ0n) is 15.4. The topological polar surface area (TPSA) is 92.1 Å². The predicted molar refractivity (Wildman–Crippen MR) is 102 cm³/mol. The maximum atomic E-state index is 12.7. The Morgan fingerprint density at radius 1 is 1.10 bits per heavy atom. The quantitative estimate of drug-likeness (QED) is 0.525. The Morgan fingerprint density at radius 3 is 2.52 bits per heavy atom. The third kappa shape index (κ3) is 5.59. The molecule has 0 aliphatic heterocycles. The van der Waals surface area contributed by atoms with E-state index in [-0.39, 0.29) is 12.6 Å². The number of anilines is 1. The standard InChI is InChI=1S/C19H20F3N5O2/c20-19(21,22)13-5-7-14(8-6-13)24-15(9-11-23-18(28)29)10-12-27-17-4-2-1-3-16(17)25-26-27/h1-8,15,23-24H,9-12H2,(H,28,29)/t15-/m1/s1. The number of hydrogen-bond donors (Lipinski definition) is 3. The van der Waals surface area contributed by atoms with E-state index in [1.54, 1.807) is 4.68 Å². The van der Waals surface area contributed by atoms with Crippen molar-refractivity contribution in [3.05, 3.63) is 54.1 Å². The fraction of sp³-hybridized carbons (Fsp3) is 0.316. The molecule has 29 heavy (non-hydrogen) atoms. The summed E-state index contributed by atoms with van der Waals surface area (Å²) < 4.78 is 39.9. The lowest BCUT2D eigenvalue weighted by atomic mass is 10.1. The van der Waals surface area contributed by atoms with Crippen LogP contribution in [0.4, 0.5) is 23.7 Å². The number of benzene rings is 2. The van der Waals surface area contributed by atoms with Crippen molar-refractivity contribution in [1.82, 2.24) is 20.3 Å². The second-order valence-electron chi connectivity index (χ2n) is 6.53. The number of carboxylic acid groups (broad SMARTS) is 1. The molecule has 0 saturated heterocycles. The lowest BCUT2D eigenvalue weighted by molar-refractivity contribution is -0.137. The third-order valence-corrected chi connectivity index (χ3v) is 4.46. The van der Waals surface area contributed by atoms with Gasteiger partial charge >= 0.3 is 12.3 Å². The Hall–Kier alpha value is -3.30. The highest BCUT2D eigenvalue weighted by Gasteiger charge is 2.30. The summed E-state index contributed by atoms with van der Waals surface area (Å²) in [6.07, 6.45) is -4.48. The molecule has 7 nitrogen and oxygen atoms in total. The first-order chi connectivity index (χ1) is 13.8. The second-order valence-corrected chi connectivity index (χ2v) is 6.53. The number of alkyl halides is 3. The molecule has 0 spiro atoms. The van der Waals surface area contributed by atoms with Crippen LogP contribution in [0, 0.1) is 0 Å². The molecule has 0 radical (unpaired) electrons. The van der Waals surface area contributed by atoms with Gasteiger partial charge in [0.15, 0.2) is 0 Å². The first kappa shape index (κ1) is 20.4. The van der Waals surface area contributed by atoms with Crippen LogP contribution in [-0.2, 0) is 12.7 Å². The zero-order chi connectivity index (χ0) is 20.9. The summed E-state index contributed by atoms with van der Waals surface area (Å²) in [5.74, 6) is 0. The molecule has 3 rings (SSSR count). The van der Waals surface area contributed by atoms with E-state index in [2.05, 4.69) is 20.9 Å². The van der Waals surface area contributed by atoms with Crippen LogP contribution in [0.1, 0.15) is 18.4 Å². The van der Waals surface area contributed by atoms with Gasteiger partial charge in [-0.05, 0) is 49.2 Å². The third-order valence-electron chi connectivity index (χ3n) is 4.46. The van der Waals surface area contributed by atoms with Crippen molar-refractivity contribution in [2.75, 3.05) is 11.9 Å². The number of halogens is 3. The van der Waals surface area contributed by atoms with E-state index in [9.17, 15) is 18.0 Å². The van der Waals surface area contributed by atoms with Crippen LogP contribution >= 0.6 is 0 Å². The van der Waals surface area contributed by atoms with Crippen LogP contribution in [0.25, 0.3) is 11.0 Å². The van der Waals surface area contributed by atoms with Gasteiger partial charge in [-0.15, -0.1) is 5.10 Å². The normalized spacial score (nSPS) is 12.7. The molecule has 0 aliphatic carbocycles. The molecule has 2 aromatic carbocycles. The maximum absolute atomic E-state index is 12.7. The highest BCUT2D eigenvalue weighted by atomic mass is 19.4. The fourth-order valence-electron chi connectivity index (χ4n) is 2.99. The minimum absolute atomic E-state index is 0.179. The lowest BCUT2D eigenvalue weighted by Crippen LogP contribution is -2.29. The van der Waals surface area contributed by atoms with Crippen molar-refractivity contribution in [2.24, 2.45) is 0 Å². The Balaban J connectivity index is 1.67.